The third-order valence-electron chi connectivity index (χ3n) is 3.54. The van der Waals surface area contributed by atoms with Crippen LogP contribution >= 0.6 is 0 Å². The largest absolute Gasteiger partial charge is 0.338 e. The van der Waals surface area contributed by atoms with Crippen LogP contribution in [0.15, 0.2) is 17.0 Å². The molecule has 1 fully saturated rings. The molecule has 1 aliphatic rings. The third kappa shape index (κ3) is 2.82. The molecule has 0 aromatic carbocycles. The van der Waals surface area contributed by atoms with E-state index < -0.39 is 0 Å². The molecule has 0 radical (unpaired) electrons. The Bertz CT molecular complexity index is 541. The van der Waals surface area contributed by atoms with Crippen LogP contribution in [0, 0.1) is 0 Å². The monoisotopic (exact) mass is 276 g/mol. The second kappa shape index (κ2) is 6.04. The summed E-state index contributed by atoms with van der Waals surface area (Å²) in [7, 11) is 0. The van der Waals surface area contributed by atoms with Crippen LogP contribution in [0.4, 0.5) is 5.95 Å². The van der Waals surface area contributed by atoms with Gasteiger partial charge in [0.05, 0.1) is 6.33 Å². The van der Waals surface area contributed by atoms with Crippen molar-refractivity contribution in [2.75, 3.05) is 24.5 Å². The van der Waals surface area contributed by atoms with Gasteiger partial charge in [-0.05, 0) is 18.0 Å². The van der Waals surface area contributed by atoms with E-state index in [4.69, 9.17) is 10.3 Å². The quantitative estimate of drug-likeness (QED) is 0.905. The standard InChI is InChI=1S/C13H20N6O/c14-5-8-18-9-11(15-10-18)12-16-13(17-20-12)19-6-3-1-2-4-7-19/h9-10H,1-8,14H2. The minimum absolute atomic E-state index is 0.472. The first kappa shape index (κ1) is 13.1. The molecule has 2 aromatic rings. The van der Waals surface area contributed by atoms with Crippen LogP contribution in [0.3, 0.4) is 0 Å². The molecule has 20 heavy (non-hydrogen) atoms. The minimum atomic E-state index is 0.472. The molecule has 0 aliphatic carbocycles. The summed E-state index contributed by atoms with van der Waals surface area (Å²) >= 11 is 0. The van der Waals surface area contributed by atoms with E-state index in [2.05, 4.69) is 20.0 Å². The molecule has 1 aliphatic heterocycles. The molecule has 0 unspecified atom stereocenters. The highest BCUT2D eigenvalue weighted by Gasteiger charge is 2.17. The fourth-order valence-electron chi connectivity index (χ4n) is 2.46. The maximum atomic E-state index is 5.52. The van der Waals surface area contributed by atoms with Crippen LogP contribution in [0.1, 0.15) is 25.7 Å². The lowest BCUT2D eigenvalue weighted by Crippen LogP contribution is -2.24. The minimum Gasteiger partial charge on any atom is -0.338 e. The lowest BCUT2D eigenvalue weighted by atomic mass is 10.2. The molecule has 3 heterocycles. The maximum absolute atomic E-state index is 5.52. The average molecular weight is 276 g/mol. The van der Waals surface area contributed by atoms with Gasteiger partial charge in [0.2, 0.25) is 0 Å². The van der Waals surface area contributed by atoms with E-state index in [0.29, 0.717) is 24.1 Å². The summed E-state index contributed by atoms with van der Waals surface area (Å²) in [5, 5.41) is 4.08. The second-order valence-electron chi connectivity index (χ2n) is 5.09. The van der Waals surface area contributed by atoms with Gasteiger partial charge in [0.25, 0.3) is 11.8 Å². The van der Waals surface area contributed by atoms with Gasteiger partial charge in [0, 0.05) is 32.4 Å². The molecule has 0 amide bonds. The molecule has 7 nitrogen and oxygen atoms in total. The molecule has 0 atom stereocenters. The predicted octanol–water partition coefficient (Wildman–Crippen LogP) is 1.27. The van der Waals surface area contributed by atoms with Crippen molar-refractivity contribution in [2.24, 2.45) is 5.73 Å². The summed E-state index contributed by atoms with van der Waals surface area (Å²) in [5.74, 6) is 1.15. The molecule has 2 N–H and O–H groups in total. The van der Waals surface area contributed by atoms with Gasteiger partial charge in [-0.1, -0.05) is 12.8 Å². The number of imidazole rings is 1. The van der Waals surface area contributed by atoms with Crippen LogP contribution in [0.25, 0.3) is 11.6 Å². The van der Waals surface area contributed by atoms with Gasteiger partial charge in [-0.15, -0.1) is 0 Å². The highest BCUT2D eigenvalue weighted by Crippen LogP contribution is 2.20. The van der Waals surface area contributed by atoms with Gasteiger partial charge < -0.3 is 19.7 Å². The Kier molecular flexibility index (Phi) is 3.96. The molecular formula is C13H20N6O. The van der Waals surface area contributed by atoms with Gasteiger partial charge in [-0.25, -0.2) is 4.98 Å². The molecule has 2 aromatic heterocycles. The smallest absolute Gasteiger partial charge is 0.279 e. The van der Waals surface area contributed by atoms with Gasteiger partial charge in [-0.3, -0.25) is 0 Å². The van der Waals surface area contributed by atoms with E-state index in [1.807, 2.05) is 10.8 Å². The fraction of sp³-hybridized carbons (Fsp3) is 0.615. The molecule has 7 heteroatoms. The summed E-state index contributed by atoms with van der Waals surface area (Å²) in [4.78, 5) is 10.9. The van der Waals surface area contributed by atoms with Crippen LogP contribution < -0.4 is 10.6 Å². The van der Waals surface area contributed by atoms with Crippen LogP contribution in [0.2, 0.25) is 0 Å². The number of aromatic nitrogens is 4. The zero-order valence-electron chi connectivity index (χ0n) is 11.5. The fourth-order valence-corrected chi connectivity index (χ4v) is 2.46. The van der Waals surface area contributed by atoms with E-state index in [1.54, 1.807) is 6.33 Å². The van der Waals surface area contributed by atoms with E-state index in [9.17, 15) is 0 Å². The number of rotatable bonds is 4. The molecule has 0 saturated carbocycles. The van der Waals surface area contributed by atoms with Gasteiger partial charge in [0.1, 0.15) is 5.69 Å². The SMILES string of the molecule is NCCn1cnc(-c2nc(N3CCCCCC3)no2)c1. The Hall–Kier alpha value is -1.89. The zero-order valence-corrected chi connectivity index (χ0v) is 11.5. The summed E-state index contributed by atoms with van der Waals surface area (Å²) < 4.78 is 7.25. The number of nitrogens with zero attached hydrogens (tertiary/aromatic N) is 5. The van der Waals surface area contributed by atoms with Crippen molar-refractivity contribution in [1.29, 1.82) is 0 Å². The van der Waals surface area contributed by atoms with E-state index in [1.165, 1.54) is 25.7 Å². The molecule has 108 valence electrons. The third-order valence-corrected chi connectivity index (χ3v) is 3.54. The highest BCUT2D eigenvalue weighted by atomic mass is 16.5. The van der Waals surface area contributed by atoms with Gasteiger partial charge in [-0.2, -0.15) is 4.98 Å². The van der Waals surface area contributed by atoms with Gasteiger partial charge in [0.15, 0.2) is 0 Å². The lowest BCUT2D eigenvalue weighted by molar-refractivity contribution is 0.428. The molecular weight excluding hydrogens is 256 g/mol. The lowest BCUT2D eigenvalue weighted by Gasteiger charge is -2.16. The van der Waals surface area contributed by atoms with E-state index in [0.717, 1.165) is 19.6 Å². The van der Waals surface area contributed by atoms with Crippen molar-refractivity contribution in [2.45, 2.75) is 32.2 Å². The Morgan fingerprint density at radius 3 is 2.75 bits per heavy atom. The first-order valence-corrected chi connectivity index (χ1v) is 7.17. The van der Waals surface area contributed by atoms with Crippen LogP contribution in [0.5, 0.6) is 0 Å². The number of nitrogens with two attached hydrogens (primary N) is 1. The zero-order chi connectivity index (χ0) is 13.8. The van der Waals surface area contributed by atoms with E-state index >= 15 is 0 Å². The first-order chi connectivity index (χ1) is 9.86. The summed E-state index contributed by atoms with van der Waals surface area (Å²) in [6, 6.07) is 0. The number of hydrogen-bond acceptors (Lipinski definition) is 6. The van der Waals surface area contributed by atoms with Crippen molar-refractivity contribution in [3.8, 4) is 11.6 Å². The van der Waals surface area contributed by atoms with Crippen molar-refractivity contribution >= 4 is 5.95 Å². The average Bonchev–Trinajstić information content (AvgIpc) is 3.03. The topological polar surface area (TPSA) is 86.0 Å². The summed E-state index contributed by atoms with van der Waals surface area (Å²) in [6.45, 7) is 3.32. The Balaban J connectivity index is 1.74. The van der Waals surface area contributed by atoms with Crippen LogP contribution in [-0.4, -0.2) is 39.3 Å². The second-order valence-corrected chi connectivity index (χ2v) is 5.09. The highest BCUT2D eigenvalue weighted by molar-refractivity contribution is 5.47. The first-order valence-electron chi connectivity index (χ1n) is 7.17. The Labute approximate surface area is 117 Å². The molecule has 0 bridgehead atoms. The maximum Gasteiger partial charge on any atom is 0.279 e. The van der Waals surface area contributed by atoms with Gasteiger partial charge >= 0.3 is 0 Å². The summed E-state index contributed by atoms with van der Waals surface area (Å²) in [5.41, 5.74) is 6.22. The normalized spacial score (nSPS) is 16.4. The summed E-state index contributed by atoms with van der Waals surface area (Å²) in [6.07, 6.45) is 8.56. The van der Waals surface area contributed by atoms with Crippen LogP contribution in [-0.2, 0) is 6.54 Å². The number of hydrogen-bond donors (Lipinski definition) is 1. The van der Waals surface area contributed by atoms with Crippen molar-refractivity contribution in [3.05, 3.63) is 12.5 Å². The Morgan fingerprint density at radius 1 is 1.20 bits per heavy atom. The van der Waals surface area contributed by atoms with E-state index in [-0.39, 0.29) is 0 Å². The predicted molar refractivity (Wildman–Crippen MR) is 75.3 cm³/mol. The van der Waals surface area contributed by atoms with Crippen molar-refractivity contribution in [1.82, 2.24) is 19.7 Å². The van der Waals surface area contributed by atoms with Crippen molar-refractivity contribution < 1.29 is 4.52 Å². The molecule has 1 saturated heterocycles. The molecule has 0 spiro atoms. The Morgan fingerprint density at radius 2 is 2.00 bits per heavy atom. The van der Waals surface area contributed by atoms with Crippen molar-refractivity contribution in [3.63, 3.8) is 0 Å². The molecule has 3 rings (SSSR count). The number of anilines is 1.